The highest BCUT2D eigenvalue weighted by Crippen LogP contribution is 2.10. The summed E-state index contributed by atoms with van der Waals surface area (Å²) < 4.78 is 38.1. The fourth-order valence-electron chi connectivity index (χ4n) is 1.47. The summed E-state index contributed by atoms with van der Waals surface area (Å²) in [7, 11) is -3.63. The van der Waals surface area contributed by atoms with Crippen molar-refractivity contribution in [1.82, 2.24) is 10.0 Å². The first-order valence-electron chi connectivity index (χ1n) is 6.01. The van der Waals surface area contributed by atoms with Gasteiger partial charge in [0.2, 0.25) is 10.0 Å². The van der Waals surface area contributed by atoms with Crippen molar-refractivity contribution in [2.75, 3.05) is 13.2 Å². The predicted molar refractivity (Wildman–Crippen MR) is 72.2 cm³/mol. The molecule has 0 bridgehead atoms. The van der Waals surface area contributed by atoms with Crippen LogP contribution in [0.4, 0.5) is 4.39 Å². The molecular formula is C12H15FN2O5S. The number of benzene rings is 1. The van der Waals surface area contributed by atoms with E-state index < -0.39 is 34.6 Å². The van der Waals surface area contributed by atoms with Gasteiger partial charge in [-0.05, 0) is 24.3 Å². The maximum atomic E-state index is 12.4. The van der Waals surface area contributed by atoms with E-state index in [1.807, 2.05) is 5.32 Å². The smallest absolute Gasteiger partial charge is 0.328 e. The number of carboxylic acids is 1. The highest BCUT2D eigenvalue weighted by molar-refractivity contribution is 7.89. The number of sulfonamides is 1. The van der Waals surface area contributed by atoms with Crippen molar-refractivity contribution in [3.8, 4) is 0 Å². The van der Waals surface area contributed by atoms with Gasteiger partial charge in [0.15, 0.2) is 6.04 Å². The van der Waals surface area contributed by atoms with Gasteiger partial charge in [0, 0.05) is 12.1 Å². The molecule has 1 atom stereocenters. The number of halogens is 1. The number of carbonyl (C=O) groups excluding carboxylic acids is 1. The van der Waals surface area contributed by atoms with Crippen molar-refractivity contribution in [1.29, 1.82) is 0 Å². The molecule has 0 aliphatic carbocycles. The van der Waals surface area contributed by atoms with Crippen LogP contribution in [0.5, 0.6) is 0 Å². The van der Waals surface area contributed by atoms with Crippen LogP contribution < -0.4 is 10.0 Å². The lowest BCUT2D eigenvalue weighted by atomic mass is 10.2. The lowest BCUT2D eigenvalue weighted by molar-refractivity contribution is -0.139. The molecule has 1 unspecified atom stereocenters. The Balaban J connectivity index is 2.88. The third-order valence-corrected chi connectivity index (χ3v) is 4.08. The molecular weight excluding hydrogens is 303 g/mol. The fraction of sp³-hybridized carbons (Fsp3) is 0.333. The normalized spacial score (nSPS) is 12.7. The van der Waals surface area contributed by atoms with E-state index in [9.17, 15) is 22.4 Å². The van der Waals surface area contributed by atoms with E-state index in [1.165, 1.54) is 24.3 Å². The third-order valence-electron chi connectivity index (χ3n) is 2.52. The first kappa shape index (κ1) is 17.1. The summed E-state index contributed by atoms with van der Waals surface area (Å²) in [5, 5.41) is 10.6. The molecule has 0 fully saturated rings. The lowest BCUT2D eigenvalue weighted by Gasteiger charge is -2.11. The Morgan fingerprint density at radius 3 is 2.29 bits per heavy atom. The van der Waals surface area contributed by atoms with E-state index in [1.54, 1.807) is 6.92 Å². The van der Waals surface area contributed by atoms with Gasteiger partial charge in [0.05, 0.1) is 4.90 Å². The number of aliphatic carboxylic acids is 1. The zero-order valence-electron chi connectivity index (χ0n) is 11.2. The molecule has 1 amide bonds. The Bertz CT molecular complexity index is 615. The average molecular weight is 318 g/mol. The molecule has 0 heterocycles. The molecule has 1 rings (SSSR count). The Morgan fingerprint density at radius 2 is 1.86 bits per heavy atom. The summed E-state index contributed by atoms with van der Waals surface area (Å²) in [5.41, 5.74) is 0.0325. The molecule has 0 spiro atoms. The fourth-order valence-corrected chi connectivity index (χ4v) is 2.51. The SMILES string of the molecule is CCNS(=O)(=O)c1ccc(C(=O)NC(CF)C(=O)O)cc1. The molecule has 9 heteroatoms. The van der Waals surface area contributed by atoms with Gasteiger partial charge in [-0.15, -0.1) is 0 Å². The Kier molecular flexibility index (Phi) is 5.79. The highest BCUT2D eigenvalue weighted by atomic mass is 32.2. The largest absolute Gasteiger partial charge is 0.480 e. The second-order valence-corrected chi connectivity index (χ2v) is 5.81. The monoisotopic (exact) mass is 318 g/mol. The number of hydrogen-bond donors (Lipinski definition) is 3. The molecule has 0 radical (unpaired) electrons. The molecule has 1 aromatic carbocycles. The summed E-state index contributed by atoms with van der Waals surface area (Å²) in [5.74, 6) is -2.29. The molecule has 0 saturated carbocycles. The van der Waals surface area contributed by atoms with Crippen molar-refractivity contribution in [3.05, 3.63) is 29.8 Å². The molecule has 0 aliphatic heterocycles. The Morgan fingerprint density at radius 1 is 1.29 bits per heavy atom. The Labute approximate surface area is 121 Å². The van der Waals surface area contributed by atoms with Gasteiger partial charge in [-0.25, -0.2) is 22.3 Å². The first-order valence-corrected chi connectivity index (χ1v) is 7.49. The van der Waals surface area contributed by atoms with Crippen LogP contribution >= 0.6 is 0 Å². The van der Waals surface area contributed by atoms with Gasteiger partial charge in [0.1, 0.15) is 6.67 Å². The number of nitrogens with one attached hydrogen (secondary N) is 2. The molecule has 3 N–H and O–H groups in total. The van der Waals surface area contributed by atoms with E-state index >= 15 is 0 Å². The van der Waals surface area contributed by atoms with Crippen LogP contribution in [0.1, 0.15) is 17.3 Å². The number of carboxylic acid groups (broad SMARTS) is 1. The molecule has 0 aromatic heterocycles. The van der Waals surface area contributed by atoms with Crippen LogP contribution in [0.25, 0.3) is 0 Å². The van der Waals surface area contributed by atoms with Crippen LogP contribution in [0.3, 0.4) is 0 Å². The van der Waals surface area contributed by atoms with Gasteiger partial charge in [-0.1, -0.05) is 6.92 Å². The highest BCUT2D eigenvalue weighted by Gasteiger charge is 2.21. The van der Waals surface area contributed by atoms with E-state index in [0.717, 1.165) is 0 Å². The summed E-state index contributed by atoms with van der Waals surface area (Å²) >= 11 is 0. The summed E-state index contributed by atoms with van der Waals surface area (Å²) in [6.07, 6.45) is 0. The van der Waals surface area contributed by atoms with Crippen molar-refractivity contribution >= 4 is 21.9 Å². The van der Waals surface area contributed by atoms with Gasteiger partial charge < -0.3 is 10.4 Å². The van der Waals surface area contributed by atoms with Crippen LogP contribution in [0.15, 0.2) is 29.2 Å². The number of alkyl halides is 1. The van der Waals surface area contributed by atoms with Crippen molar-refractivity contribution < 1.29 is 27.5 Å². The number of rotatable bonds is 7. The van der Waals surface area contributed by atoms with Gasteiger partial charge in [0.25, 0.3) is 5.91 Å². The van der Waals surface area contributed by atoms with E-state index in [4.69, 9.17) is 5.11 Å². The van der Waals surface area contributed by atoms with E-state index in [2.05, 4.69) is 4.72 Å². The maximum absolute atomic E-state index is 12.4. The van der Waals surface area contributed by atoms with E-state index in [0.29, 0.717) is 0 Å². The molecule has 21 heavy (non-hydrogen) atoms. The van der Waals surface area contributed by atoms with Crippen molar-refractivity contribution in [2.24, 2.45) is 0 Å². The standard InChI is InChI=1S/C12H15FN2O5S/c1-2-14-21(19,20)9-5-3-8(4-6-9)11(16)15-10(7-13)12(17)18/h3-6,10,14H,2,7H2,1H3,(H,15,16)(H,17,18). The number of hydrogen-bond acceptors (Lipinski definition) is 4. The summed E-state index contributed by atoms with van der Waals surface area (Å²) in [6.45, 7) is 0.609. The van der Waals surface area contributed by atoms with Crippen molar-refractivity contribution in [2.45, 2.75) is 17.9 Å². The third kappa shape index (κ3) is 4.50. The van der Waals surface area contributed by atoms with Crippen LogP contribution in [-0.2, 0) is 14.8 Å². The molecule has 116 valence electrons. The van der Waals surface area contributed by atoms with Crippen molar-refractivity contribution in [3.63, 3.8) is 0 Å². The van der Waals surface area contributed by atoms with Gasteiger partial charge >= 0.3 is 5.97 Å². The Hall–Kier alpha value is -2.00. The average Bonchev–Trinajstić information content (AvgIpc) is 2.44. The van der Waals surface area contributed by atoms with Crippen LogP contribution in [-0.4, -0.2) is 44.7 Å². The second kappa shape index (κ2) is 7.14. The quantitative estimate of drug-likeness (QED) is 0.662. The minimum absolute atomic E-state index is 0.0267. The van der Waals surface area contributed by atoms with E-state index in [-0.39, 0.29) is 17.0 Å². The predicted octanol–water partition coefficient (Wildman–Crippen LogP) is 0.137. The topological polar surface area (TPSA) is 113 Å². The van der Waals surface area contributed by atoms with Gasteiger partial charge in [-0.2, -0.15) is 0 Å². The molecule has 0 saturated heterocycles. The second-order valence-electron chi connectivity index (χ2n) is 4.04. The number of amides is 1. The van der Waals surface area contributed by atoms with Gasteiger partial charge in [-0.3, -0.25) is 4.79 Å². The van der Waals surface area contributed by atoms with Crippen LogP contribution in [0, 0.1) is 0 Å². The lowest BCUT2D eigenvalue weighted by Crippen LogP contribution is -2.42. The first-order chi connectivity index (χ1) is 9.81. The minimum atomic E-state index is -3.63. The molecule has 0 aliphatic rings. The number of carbonyl (C=O) groups is 2. The summed E-state index contributed by atoms with van der Waals surface area (Å²) in [6, 6.07) is 3.21. The minimum Gasteiger partial charge on any atom is -0.480 e. The zero-order valence-corrected chi connectivity index (χ0v) is 12.0. The summed E-state index contributed by atoms with van der Waals surface area (Å²) in [4.78, 5) is 22.3. The molecule has 7 nitrogen and oxygen atoms in total. The maximum Gasteiger partial charge on any atom is 0.328 e. The zero-order chi connectivity index (χ0) is 16.0. The molecule has 1 aromatic rings. The van der Waals surface area contributed by atoms with Crippen LogP contribution in [0.2, 0.25) is 0 Å².